The van der Waals surface area contributed by atoms with Gasteiger partial charge in [0.05, 0.1) is 42.5 Å². The minimum atomic E-state index is -4.70. The Morgan fingerprint density at radius 3 is 2.76 bits per heavy atom. The van der Waals surface area contributed by atoms with Crippen LogP contribution in [0.5, 0.6) is 17.4 Å². The summed E-state index contributed by atoms with van der Waals surface area (Å²) in [4.78, 5) is 18.6. The number of nitriles is 1. The van der Waals surface area contributed by atoms with Crippen LogP contribution in [0.25, 0.3) is 0 Å². The van der Waals surface area contributed by atoms with Crippen LogP contribution in [-0.2, 0) is 24.1 Å². The van der Waals surface area contributed by atoms with E-state index in [2.05, 4.69) is 9.88 Å². The second-order valence-electron chi connectivity index (χ2n) is 9.03. The molecule has 37 heavy (non-hydrogen) atoms. The average Bonchev–Trinajstić information content (AvgIpc) is 3.16. The van der Waals surface area contributed by atoms with Gasteiger partial charge in [-0.15, -0.1) is 0 Å². The molecule has 2 aliphatic heterocycles. The van der Waals surface area contributed by atoms with Crippen molar-refractivity contribution >= 4 is 5.82 Å². The number of halogens is 4. The second-order valence-corrected chi connectivity index (χ2v) is 9.03. The SMILES string of the molecule is C[C@@]12COCCN1c1cc(OCc3ccc(Oc4cc(C#N)cc(C(F)(F)F)c4)c(F)c3)nc(=O)n1C2. The summed E-state index contributed by atoms with van der Waals surface area (Å²) in [6, 6.07) is 9.56. The number of nitrogens with zero attached hydrogens (tertiary/aromatic N) is 4. The van der Waals surface area contributed by atoms with Gasteiger partial charge in [-0.25, -0.2) is 9.18 Å². The number of hydrogen-bond acceptors (Lipinski definition) is 7. The van der Waals surface area contributed by atoms with Crippen LogP contribution >= 0.6 is 0 Å². The summed E-state index contributed by atoms with van der Waals surface area (Å²) in [5.41, 5.74) is -1.79. The molecule has 12 heteroatoms. The number of anilines is 1. The van der Waals surface area contributed by atoms with Crippen molar-refractivity contribution in [2.75, 3.05) is 24.7 Å². The maximum absolute atomic E-state index is 14.7. The molecule has 1 saturated heterocycles. The minimum Gasteiger partial charge on any atom is -0.473 e. The highest BCUT2D eigenvalue weighted by molar-refractivity contribution is 5.50. The maximum atomic E-state index is 14.7. The minimum absolute atomic E-state index is 0.0840. The van der Waals surface area contributed by atoms with Gasteiger partial charge in [-0.2, -0.15) is 23.4 Å². The standard InChI is InChI=1S/C25H20F4N4O4/c1-24-13-32-22(33(24)4-5-35-14-24)10-21(31-23(32)34)36-12-15-2-3-20(19(26)8-15)37-18-7-16(11-30)6-17(9-18)25(27,28)29/h2-3,6-10H,4-5,12-14H2,1H3/t24-/m1/s1. The van der Waals surface area contributed by atoms with E-state index < -0.39 is 23.2 Å². The number of aromatic nitrogens is 2. The molecule has 2 aliphatic rings. The van der Waals surface area contributed by atoms with Gasteiger partial charge in [-0.3, -0.25) is 4.57 Å². The third kappa shape index (κ3) is 4.82. The Morgan fingerprint density at radius 2 is 2.03 bits per heavy atom. The fraction of sp³-hybridized carbons (Fsp3) is 0.320. The molecule has 3 aromatic rings. The first-order valence-electron chi connectivity index (χ1n) is 11.2. The highest BCUT2D eigenvalue weighted by Gasteiger charge is 2.43. The predicted molar refractivity (Wildman–Crippen MR) is 122 cm³/mol. The van der Waals surface area contributed by atoms with E-state index in [1.807, 2.05) is 6.92 Å². The molecule has 3 heterocycles. The largest absolute Gasteiger partial charge is 0.473 e. The monoisotopic (exact) mass is 516 g/mol. The number of morpholine rings is 1. The molecule has 1 fully saturated rings. The van der Waals surface area contributed by atoms with Gasteiger partial charge in [0, 0.05) is 12.6 Å². The maximum Gasteiger partial charge on any atom is 0.416 e. The molecule has 0 bridgehead atoms. The van der Waals surface area contributed by atoms with Crippen LogP contribution in [-0.4, -0.2) is 34.8 Å². The number of ether oxygens (including phenoxy) is 3. The summed E-state index contributed by atoms with van der Waals surface area (Å²) in [6.45, 7) is 3.98. The molecule has 0 aliphatic carbocycles. The van der Waals surface area contributed by atoms with Gasteiger partial charge in [0.1, 0.15) is 18.2 Å². The third-order valence-electron chi connectivity index (χ3n) is 6.24. The van der Waals surface area contributed by atoms with Crippen LogP contribution in [0, 0.1) is 17.1 Å². The van der Waals surface area contributed by atoms with E-state index in [4.69, 9.17) is 19.5 Å². The molecule has 0 spiro atoms. The summed E-state index contributed by atoms with van der Waals surface area (Å²) in [5, 5.41) is 9.01. The lowest BCUT2D eigenvalue weighted by Gasteiger charge is -2.39. The van der Waals surface area contributed by atoms with Gasteiger partial charge >= 0.3 is 11.9 Å². The zero-order chi connectivity index (χ0) is 26.4. The number of rotatable bonds is 5. The molecule has 192 valence electrons. The predicted octanol–water partition coefficient (Wildman–Crippen LogP) is 4.25. The van der Waals surface area contributed by atoms with E-state index in [1.165, 1.54) is 12.1 Å². The first-order valence-corrected chi connectivity index (χ1v) is 11.2. The highest BCUT2D eigenvalue weighted by Crippen LogP contribution is 2.36. The van der Waals surface area contributed by atoms with Gasteiger partial charge in [0.2, 0.25) is 5.88 Å². The van der Waals surface area contributed by atoms with Crippen molar-refractivity contribution in [2.24, 2.45) is 0 Å². The van der Waals surface area contributed by atoms with E-state index >= 15 is 0 Å². The van der Waals surface area contributed by atoms with Crippen LogP contribution in [0.2, 0.25) is 0 Å². The van der Waals surface area contributed by atoms with Gasteiger partial charge in [-0.1, -0.05) is 6.07 Å². The first-order chi connectivity index (χ1) is 17.6. The zero-order valence-electron chi connectivity index (χ0n) is 19.5. The van der Waals surface area contributed by atoms with Gasteiger partial charge in [-0.05, 0) is 42.8 Å². The summed E-state index contributed by atoms with van der Waals surface area (Å²) in [7, 11) is 0. The van der Waals surface area contributed by atoms with Crippen molar-refractivity contribution in [1.82, 2.24) is 9.55 Å². The molecule has 1 aromatic heterocycles. The van der Waals surface area contributed by atoms with Crippen molar-refractivity contribution in [3.8, 4) is 23.4 Å². The lowest BCUT2D eigenvalue weighted by Crippen LogP contribution is -2.53. The Labute approximate surface area is 208 Å². The normalized spacial score (nSPS) is 18.6. The topological polar surface area (TPSA) is 89.6 Å². The summed E-state index contributed by atoms with van der Waals surface area (Å²) in [6.07, 6.45) is -4.70. The van der Waals surface area contributed by atoms with Crippen LogP contribution in [0.3, 0.4) is 0 Å². The molecule has 0 N–H and O–H groups in total. The lowest BCUT2D eigenvalue weighted by atomic mass is 10.0. The highest BCUT2D eigenvalue weighted by atomic mass is 19.4. The Balaban J connectivity index is 1.31. The molecule has 0 amide bonds. The molecule has 2 aromatic carbocycles. The van der Waals surface area contributed by atoms with E-state index in [9.17, 15) is 22.4 Å². The fourth-order valence-electron chi connectivity index (χ4n) is 4.47. The molecular formula is C25H20F4N4O4. The second kappa shape index (κ2) is 9.08. The molecule has 0 unspecified atom stereocenters. The Kier molecular flexibility index (Phi) is 6.03. The lowest BCUT2D eigenvalue weighted by molar-refractivity contribution is -0.137. The van der Waals surface area contributed by atoms with Crippen LogP contribution in [0.1, 0.15) is 23.6 Å². The number of alkyl halides is 3. The van der Waals surface area contributed by atoms with Crippen molar-refractivity contribution in [3.63, 3.8) is 0 Å². The van der Waals surface area contributed by atoms with Crippen LogP contribution in [0.4, 0.5) is 23.4 Å². The summed E-state index contributed by atoms with van der Waals surface area (Å²) < 4.78 is 72.1. The van der Waals surface area contributed by atoms with Crippen LogP contribution in [0.15, 0.2) is 47.3 Å². The number of benzene rings is 2. The third-order valence-corrected chi connectivity index (χ3v) is 6.24. The Morgan fingerprint density at radius 1 is 1.22 bits per heavy atom. The molecule has 0 saturated carbocycles. The average molecular weight is 516 g/mol. The summed E-state index contributed by atoms with van der Waals surface area (Å²) in [5.74, 6) is -0.739. The quantitative estimate of drug-likeness (QED) is 0.469. The zero-order valence-corrected chi connectivity index (χ0v) is 19.5. The van der Waals surface area contributed by atoms with Crippen molar-refractivity contribution in [3.05, 3.63) is 75.5 Å². The molecule has 1 atom stereocenters. The Hall–Kier alpha value is -4.11. The summed E-state index contributed by atoms with van der Waals surface area (Å²) >= 11 is 0. The number of hydrogen-bond donors (Lipinski definition) is 0. The van der Waals surface area contributed by atoms with E-state index in [0.717, 1.165) is 12.1 Å². The van der Waals surface area contributed by atoms with E-state index in [0.29, 0.717) is 49.8 Å². The van der Waals surface area contributed by atoms with Gasteiger partial charge < -0.3 is 19.1 Å². The molecule has 8 nitrogen and oxygen atoms in total. The fourth-order valence-corrected chi connectivity index (χ4v) is 4.47. The van der Waals surface area contributed by atoms with Gasteiger partial charge in [0.25, 0.3) is 0 Å². The van der Waals surface area contributed by atoms with E-state index in [-0.39, 0.29) is 35.1 Å². The van der Waals surface area contributed by atoms with E-state index in [1.54, 1.807) is 16.7 Å². The van der Waals surface area contributed by atoms with Crippen molar-refractivity contribution < 1.29 is 31.8 Å². The molecular weight excluding hydrogens is 496 g/mol. The van der Waals surface area contributed by atoms with Crippen LogP contribution < -0.4 is 20.1 Å². The Bertz CT molecular complexity index is 1470. The van der Waals surface area contributed by atoms with Gasteiger partial charge in [0.15, 0.2) is 11.6 Å². The number of fused-ring (bicyclic) bond motifs is 3. The van der Waals surface area contributed by atoms with Crippen molar-refractivity contribution in [1.29, 1.82) is 5.26 Å². The molecule has 5 rings (SSSR count). The smallest absolute Gasteiger partial charge is 0.416 e. The molecule has 0 radical (unpaired) electrons. The van der Waals surface area contributed by atoms with Crippen molar-refractivity contribution in [2.45, 2.75) is 31.8 Å². The first kappa shape index (κ1) is 24.6.